The number of rotatable bonds is 16. The molecule has 0 spiro atoms. The normalized spacial score (nSPS) is 10.9. The summed E-state index contributed by atoms with van der Waals surface area (Å²) in [7, 11) is 0. The molecule has 0 heterocycles. The Balaban J connectivity index is 1.80. The molecule has 1 rings (SSSR count). The van der Waals surface area contributed by atoms with Gasteiger partial charge in [0.15, 0.2) is 0 Å². The average molecular weight is 334 g/mol. The molecule has 137 valence electrons. The second-order valence-electron chi connectivity index (χ2n) is 6.88. The van der Waals surface area contributed by atoms with Crippen LogP contribution in [0.15, 0.2) is 24.3 Å². The van der Waals surface area contributed by atoms with Crippen molar-refractivity contribution in [2.45, 2.75) is 97.0 Å². The van der Waals surface area contributed by atoms with Crippen LogP contribution in [-0.2, 0) is 11.7 Å². The van der Waals surface area contributed by atoms with Crippen molar-refractivity contribution in [1.29, 1.82) is 0 Å². The van der Waals surface area contributed by atoms with Crippen molar-refractivity contribution in [1.82, 2.24) is 0 Å². The Morgan fingerprint density at radius 3 is 1.58 bits per heavy atom. The van der Waals surface area contributed by atoms with E-state index < -0.39 is 0 Å². The summed E-state index contributed by atoms with van der Waals surface area (Å²) in [5.74, 6) is 0.881. The van der Waals surface area contributed by atoms with E-state index in [1.165, 1.54) is 77.0 Å². The highest BCUT2D eigenvalue weighted by atomic mass is 16.5. The summed E-state index contributed by atoms with van der Waals surface area (Å²) in [6, 6.07) is 7.50. The van der Waals surface area contributed by atoms with Crippen LogP contribution in [0.1, 0.15) is 96.0 Å². The maximum absolute atomic E-state index is 10.7. The van der Waals surface area contributed by atoms with Crippen LogP contribution in [-0.4, -0.2) is 6.61 Å². The first-order valence-corrected chi connectivity index (χ1v) is 10.2. The van der Waals surface area contributed by atoms with Gasteiger partial charge in [-0.25, -0.2) is 5.11 Å². The zero-order valence-corrected chi connectivity index (χ0v) is 15.7. The molecule has 1 radical (unpaired) electrons. The topological polar surface area (TPSA) is 29.1 Å². The smallest absolute Gasteiger partial charge is 0.119 e. The molecule has 0 atom stereocenters. The molecular weight excluding hydrogens is 296 g/mol. The molecule has 0 aromatic heterocycles. The molecule has 0 bridgehead atoms. The SMILES string of the molecule is CCCCCCCCCCCCCCCOc1ccc(C[O])cc1. The minimum absolute atomic E-state index is 0.154. The van der Waals surface area contributed by atoms with Gasteiger partial charge in [-0.05, 0) is 24.1 Å². The van der Waals surface area contributed by atoms with Crippen LogP contribution in [0.4, 0.5) is 0 Å². The number of ether oxygens (including phenoxy) is 1. The van der Waals surface area contributed by atoms with E-state index in [2.05, 4.69) is 6.92 Å². The molecular formula is C22H37O2. The molecule has 24 heavy (non-hydrogen) atoms. The number of benzene rings is 1. The Bertz CT molecular complexity index is 372. The van der Waals surface area contributed by atoms with Gasteiger partial charge >= 0.3 is 0 Å². The van der Waals surface area contributed by atoms with Gasteiger partial charge in [0.25, 0.3) is 0 Å². The summed E-state index contributed by atoms with van der Waals surface area (Å²) in [5.41, 5.74) is 0.823. The molecule has 0 aliphatic rings. The van der Waals surface area contributed by atoms with E-state index in [1.807, 2.05) is 24.3 Å². The minimum Gasteiger partial charge on any atom is -0.494 e. The predicted molar refractivity (Wildman–Crippen MR) is 102 cm³/mol. The molecule has 0 N–H and O–H groups in total. The number of unbranched alkanes of at least 4 members (excludes halogenated alkanes) is 12. The van der Waals surface area contributed by atoms with E-state index in [0.717, 1.165) is 24.3 Å². The maximum Gasteiger partial charge on any atom is 0.119 e. The Morgan fingerprint density at radius 1 is 0.667 bits per heavy atom. The quantitative estimate of drug-likeness (QED) is 0.297. The van der Waals surface area contributed by atoms with Crippen LogP contribution >= 0.6 is 0 Å². The fourth-order valence-corrected chi connectivity index (χ4v) is 2.99. The van der Waals surface area contributed by atoms with E-state index in [0.29, 0.717) is 0 Å². The van der Waals surface area contributed by atoms with Gasteiger partial charge in [0.2, 0.25) is 0 Å². The Kier molecular flexibility index (Phi) is 13.6. The van der Waals surface area contributed by atoms with Crippen LogP contribution in [0.25, 0.3) is 0 Å². The van der Waals surface area contributed by atoms with Gasteiger partial charge in [-0.15, -0.1) is 0 Å². The Hall–Kier alpha value is -1.02. The third kappa shape index (κ3) is 11.5. The average Bonchev–Trinajstić information content (AvgIpc) is 2.62. The summed E-state index contributed by atoms with van der Waals surface area (Å²) in [6.07, 6.45) is 17.8. The van der Waals surface area contributed by atoms with Gasteiger partial charge in [0.05, 0.1) is 6.61 Å². The van der Waals surface area contributed by atoms with Crippen molar-refractivity contribution in [3.05, 3.63) is 29.8 Å². The number of hydrogen-bond acceptors (Lipinski definition) is 1. The lowest BCUT2D eigenvalue weighted by molar-refractivity contribution is 0.177. The van der Waals surface area contributed by atoms with Crippen LogP contribution in [0.2, 0.25) is 0 Å². The lowest BCUT2D eigenvalue weighted by atomic mass is 10.0. The zero-order valence-electron chi connectivity index (χ0n) is 15.7. The summed E-state index contributed by atoms with van der Waals surface area (Å²) in [5, 5.41) is 10.7. The van der Waals surface area contributed by atoms with Crippen LogP contribution < -0.4 is 4.74 Å². The highest BCUT2D eigenvalue weighted by molar-refractivity contribution is 5.26. The molecule has 0 aliphatic heterocycles. The highest BCUT2D eigenvalue weighted by Gasteiger charge is 1.96. The summed E-state index contributed by atoms with van der Waals surface area (Å²) < 4.78 is 5.70. The molecule has 2 heteroatoms. The van der Waals surface area contributed by atoms with Crippen molar-refractivity contribution in [3.63, 3.8) is 0 Å². The lowest BCUT2D eigenvalue weighted by Crippen LogP contribution is -1.97. The van der Waals surface area contributed by atoms with Crippen molar-refractivity contribution in [2.24, 2.45) is 0 Å². The molecule has 1 aromatic rings. The highest BCUT2D eigenvalue weighted by Crippen LogP contribution is 2.14. The van der Waals surface area contributed by atoms with Gasteiger partial charge < -0.3 is 4.74 Å². The van der Waals surface area contributed by atoms with Crippen molar-refractivity contribution in [2.75, 3.05) is 6.61 Å². The van der Waals surface area contributed by atoms with Gasteiger partial charge in [-0.2, -0.15) is 0 Å². The largest absolute Gasteiger partial charge is 0.494 e. The minimum atomic E-state index is -0.154. The second kappa shape index (κ2) is 15.5. The van der Waals surface area contributed by atoms with Gasteiger partial charge in [0, 0.05) is 0 Å². The van der Waals surface area contributed by atoms with Crippen LogP contribution in [0, 0.1) is 0 Å². The molecule has 0 unspecified atom stereocenters. The number of hydrogen-bond donors (Lipinski definition) is 0. The summed E-state index contributed by atoms with van der Waals surface area (Å²) >= 11 is 0. The first kappa shape index (κ1) is 21.0. The van der Waals surface area contributed by atoms with E-state index in [-0.39, 0.29) is 6.61 Å². The lowest BCUT2D eigenvalue weighted by Gasteiger charge is -2.06. The fraction of sp³-hybridized carbons (Fsp3) is 0.727. The predicted octanol–water partition coefficient (Wildman–Crippen LogP) is 7.09. The molecule has 0 amide bonds. The first-order chi connectivity index (χ1) is 11.9. The molecule has 0 saturated heterocycles. The first-order valence-electron chi connectivity index (χ1n) is 10.2. The van der Waals surface area contributed by atoms with E-state index in [1.54, 1.807) is 0 Å². The molecule has 1 aromatic carbocycles. The molecule has 0 aliphatic carbocycles. The van der Waals surface area contributed by atoms with Crippen molar-refractivity contribution in [3.8, 4) is 5.75 Å². The zero-order chi connectivity index (χ0) is 17.3. The van der Waals surface area contributed by atoms with Crippen LogP contribution in [0.5, 0.6) is 5.75 Å². The molecule has 2 nitrogen and oxygen atoms in total. The van der Waals surface area contributed by atoms with Crippen molar-refractivity contribution >= 4 is 0 Å². The maximum atomic E-state index is 10.7. The summed E-state index contributed by atoms with van der Waals surface area (Å²) in [6.45, 7) is 2.91. The summed E-state index contributed by atoms with van der Waals surface area (Å²) in [4.78, 5) is 0. The van der Waals surface area contributed by atoms with Gasteiger partial charge in [0.1, 0.15) is 12.4 Å². The molecule has 0 fully saturated rings. The van der Waals surface area contributed by atoms with Crippen molar-refractivity contribution < 1.29 is 9.84 Å². The standard InChI is InChI=1S/C22H37O2/c1-2-3-4-5-6-7-8-9-10-11-12-13-14-19-24-22-17-15-21(20-23)16-18-22/h15-18H,2-14,19-20H2,1H3. The van der Waals surface area contributed by atoms with Gasteiger partial charge in [-0.1, -0.05) is 96.1 Å². The third-order valence-corrected chi connectivity index (χ3v) is 4.61. The van der Waals surface area contributed by atoms with Gasteiger partial charge in [-0.3, -0.25) is 0 Å². The Morgan fingerprint density at radius 2 is 1.12 bits per heavy atom. The third-order valence-electron chi connectivity index (χ3n) is 4.61. The van der Waals surface area contributed by atoms with Crippen LogP contribution in [0.3, 0.4) is 0 Å². The second-order valence-corrected chi connectivity index (χ2v) is 6.88. The van der Waals surface area contributed by atoms with E-state index >= 15 is 0 Å². The monoisotopic (exact) mass is 333 g/mol. The van der Waals surface area contributed by atoms with E-state index in [4.69, 9.17) is 4.74 Å². The van der Waals surface area contributed by atoms with E-state index in [9.17, 15) is 5.11 Å². The fourth-order valence-electron chi connectivity index (χ4n) is 2.99. The Labute approximate surface area is 149 Å². The molecule has 0 saturated carbocycles.